The van der Waals surface area contributed by atoms with Crippen molar-refractivity contribution in [3.8, 4) is 0 Å². The van der Waals surface area contributed by atoms with Gasteiger partial charge in [-0.1, -0.05) is 112 Å². The molecule has 0 spiro atoms. The molecule has 0 aliphatic carbocycles. The fourth-order valence-corrected chi connectivity index (χ4v) is 60.4. The topological polar surface area (TPSA) is 174 Å². The molecule has 36 heteroatoms. The van der Waals surface area contributed by atoms with Gasteiger partial charge >= 0.3 is 45.0 Å². The Hall–Kier alpha value is 1.98. The third-order valence-corrected chi connectivity index (χ3v) is 60.9. The van der Waals surface area contributed by atoms with Gasteiger partial charge in [-0.25, -0.2) is 0 Å². The molecule has 0 atom stereocenters. The van der Waals surface area contributed by atoms with Crippen molar-refractivity contribution in [2.75, 3.05) is 39.6 Å². The average Bonchev–Trinajstić information content (AvgIpc) is 0.867. The summed E-state index contributed by atoms with van der Waals surface area (Å²) >= 11 is 0. The molecule has 0 saturated heterocycles. The van der Waals surface area contributed by atoms with E-state index < -0.39 is 160 Å². The minimum absolute atomic E-state index is 0.470. The quantitative estimate of drug-likeness (QED) is 0.0415. The summed E-state index contributed by atoms with van der Waals surface area (Å²) in [6, 6.07) is 5.20. The zero-order valence-corrected chi connectivity index (χ0v) is 88.2. The average molecular weight is 1650 g/mol. The summed E-state index contributed by atoms with van der Waals surface area (Å²) in [5, 5.41) is 0. The van der Waals surface area contributed by atoms with E-state index in [9.17, 15) is 4.46 Å². The molecule has 0 radical (unpaired) electrons. The lowest BCUT2D eigenvalue weighted by Crippen LogP contribution is -2.58. The van der Waals surface area contributed by atoms with Crippen molar-refractivity contribution in [1.82, 2.24) is 0 Å². The van der Waals surface area contributed by atoms with E-state index in [1.165, 1.54) is 31.4 Å². The summed E-state index contributed by atoms with van der Waals surface area (Å²) in [6.07, 6.45) is 3.59. The summed E-state index contributed by atoms with van der Waals surface area (Å²) in [5.41, 5.74) is 7.13. The standard InChI is InChI=1S/C24H68O8Si9.C12H26O5Si2.C8H18OSi2.C6H22O3Si4.C2H6OSi.3C2H6/c1-15-20-36(7,8)30-37(9,10)21-18-19-22-38(11,12)31-40(25-16-2,26-17-3)24-23-39(13,14)32-41(27-33-4,28-34-5)29-35-6;1-7-13-18(11-5,14-8-2)17-19(12-6,15-9-3)16-10-4;1-7-10(3,4)9-11(5,6)8-2;1-10(2)7-13(8-11(3)4)9-12(5)6;1-4(2)3;3*1-2/h15-24,33-35H2,1-14H3;11-12H,5-10H2,1-4H3;7-8H,1-2H2,3-6H3;10-13H,1-6H3;1-2H3;3*1-2H3. The molecule has 0 rings (SSSR count). The minimum atomic E-state index is -3.02. The molecule has 0 bridgehead atoms. The van der Waals surface area contributed by atoms with Crippen molar-refractivity contribution in [2.45, 2.75) is 290 Å². The molecule has 0 aromatic heterocycles. The van der Waals surface area contributed by atoms with Crippen LogP contribution in [0.2, 0.25) is 181 Å². The lowest BCUT2D eigenvalue weighted by Gasteiger charge is -2.39. The zero-order valence-electron chi connectivity index (χ0n) is 68.3. The summed E-state index contributed by atoms with van der Waals surface area (Å²) < 4.78 is 114. The Kier molecular flexibility index (Phi) is 75.5. The van der Waals surface area contributed by atoms with Crippen LogP contribution in [-0.2, 0) is 76.3 Å². The molecule has 94 heavy (non-hydrogen) atoms. The molecule has 0 N–H and O–H groups in total. The molecule has 570 valence electrons. The van der Waals surface area contributed by atoms with Gasteiger partial charge in [-0.3, -0.25) is 0 Å². The first-order valence-corrected chi connectivity index (χ1v) is 79.4. The van der Waals surface area contributed by atoms with Crippen LogP contribution in [0.15, 0.2) is 49.1 Å². The second-order valence-electron chi connectivity index (χ2n) is 25.1. The Bertz CT molecular complexity index is 1690. The highest BCUT2D eigenvalue weighted by molar-refractivity contribution is 6.89. The number of unbranched alkanes of at least 4 members (excludes halogenated alkanes) is 1. The molecule has 0 heterocycles. The molecule has 0 aromatic carbocycles. The van der Waals surface area contributed by atoms with Gasteiger partial charge in [-0.2, -0.15) is 0 Å². The van der Waals surface area contributed by atoms with Crippen LogP contribution >= 0.6 is 0 Å². The predicted molar refractivity (Wildman–Crippen MR) is 453 cm³/mol. The van der Waals surface area contributed by atoms with Crippen LogP contribution in [0.5, 0.6) is 0 Å². The summed E-state index contributed by atoms with van der Waals surface area (Å²) in [5.74, 6) is 0. The van der Waals surface area contributed by atoms with Crippen molar-refractivity contribution in [3.05, 3.63) is 49.1 Å². The molecule has 0 amide bonds. The molecule has 0 fully saturated rings. The van der Waals surface area contributed by atoms with Crippen LogP contribution < -0.4 is 0 Å². The largest absolute Gasteiger partial charge is 0.635 e. The van der Waals surface area contributed by atoms with Gasteiger partial charge in [0, 0.05) is 45.7 Å². The van der Waals surface area contributed by atoms with Gasteiger partial charge in [0.25, 0.3) is 8.68 Å². The van der Waals surface area contributed by atoms with Crippen molar-refractivity contribution < 1.29 is 76.3 Å². The Morgan fingerprint density at radius 2 is 0.660 bits per heavy atom. The fraction of sp³-hybridized carbons (Fsp3) is 0.862. The summed E-state index contributed by atoms with van der Waals surface area (Å²) in [4.78, 5) is 0. The Labute approximate surface area is 610 Å². The van der Waals surface area contributed by atoms with Crippen LogP contribution in [-0.4, -0.2) is 200 Å². The Balaban J connectivity index is -0.000000191. The first-order valence-electron chi connectivity index (χ1n) is 35.7. The molecule has 0 unspecified atom stereocenters. The smallest absolute Gasteiger partial charge is 0.455 e. The Morgan fingerprint density at radius 1 is 0.383 bits per heavy atom. The van der Waals surface area contributed by atoms with E-state index in [-0.39, 0.29) is 0 Å². The van der Waals surface area contributed by atoms with Crippen LogP contribution in [0.3, 0.4) is 0 Å². The molecule has 0 aromatic rings. The normalized spacial score (nSPS) is 13.3. The summed E-state index contributed by atoms with van der Waals surface area (Å²) in [7, 11) is -30.5. The molecule has 0 aliphatic rings. The molecular formula is C58H158O18Si18. The SMILES string of the molecule is C=C[Si](C)(C)O[Si](C)(C)C=C.C=C[Si](OCC)(OCC)O[Si](C=C)(OCC)OCC.CC.CC.CC.CCC[Si](C)(C)O[Si](C)(C)CCCC[Si](C)(C)O[Si](CC[Si](C)(C)O[Si](O[SiH2]C)(O[SiH2]C)O[SiH2]C)(OCC)OCC.C[SiH](C)O[SiH](O[SiH](C)C)O[SiH](C)C.C[Si](C)=O. The third-order valence-electron chi connectivity index (χ3n) is 11.6. The van der Waals surface area contributed by atoms with Crippen LogP contribution in [0.4, 0.5) is 0 Å². The predicted octanol–water partition coefficient (Wildman–Crippen LogP) is 15.7. The maximum absolute atomic E-state index is 9.63. The molecule has 18 nitrogen and oxygen atoms in total. The monoisotopic (exact) mass is 1650 g/mol. The van der Waals surface area contributed by atoms with Gasteiger partial charge in [0.2, 0.25) is 0 Å². The van der Waals surface area contributed by atoms with Gasteiger partial charge in [-0.05, 0) is 208 Å². The van der Waals surface area contributed by atoms with Gasteiger partial charge in [-0.15, -0.1) is 13.2 Å². The van der Waals surface area contributed by atoms with Gasteiger partial charge in [0.05, 0.1) is 0 Å². The van der Waals surface area contributed by atoms with Crippen LogP contribution in [0.1, 0.15) is 109 Å². The fourth-order valence-electron chi connectivity index (χ4n) is 8.40. The second-order valence-corrected chi connectivity index (χ2v) is 77.4. The van der Waals surface area contributed by atoms with E-state index >= 15 is 0 Å². The minimum Gasteiger partial charge on any atom is -0.455 e. The lowest BCUT2D eigenvalue weighted by atomic mass is 10.4. The highest BCUT2D eigenvalue weighted by Gasteiger charge is 2.53. The van der Waals surface area contributed by atoms with E-state index in [4.69, 9.17) is 71.8 Å². The first-order chi connectivity index (χ1) is 43.4. The maximum atomic E-state index is 9.63. The second kappa shape index (κ2) is 63.5. The highest BCUT2D eigenvalue weighted by Crippen LogP contribution is 2.33. The van der Waals surface area contributed by atoms with E-state index in [1.54, 1.807) is 24.5 Å². The summed E-state index contributed by atoms with van der Waals surface area (Å²) in [6.45, 7) is 94.1. The maximum Gasteiger partial charge on any atom is 0.635 e. The number of hydrogen-bond donors (Lipinski definition) is 0. The zero-order chi connectivity index (χ0) is 75.8. The third kappa shape index (κ3) is 64.8. The van der Waals surface area contributed by atoms with Crippen LogP contribution in [0.25, 0.3) is 0 Å². The molecule has 0 aliphatic heterocycles. The van der Waals surface area contributed by atoms with E-state index in [2.05, 4.69) is 171 Å². The highest BCUT2D eigenvalue weighted by atomic mass is 28.5. The van der Waals surface area contributed by atoms with E-state index in [0.29, 0.717) is 39.6 Å². The van der Waals surface area contributed by atoms with Gasteiger partial charge in [0.15, 0.2) is 106 Å². The molecule has 0 saturated carbocycles. The number of hydrogen-bond acceptors (Lipinski definition) is 18. The Morgan fingerprint density at radius 3 is 0.904 bits per heavy atom. The van der Waals surface area contributed by atoms with Crippen molar-refractivity contribution in [1.29, 1.82) is 0 Å². The van der Waals surface area contributed by atoms with E-state index in [0.717, 1.165) is 18.1 Å². The van der Waals surface area contributed by atoms with Crippen molar-refractivity contribution in [2.24, 2.45) is 0 Å². The number of rotatable bonds is 48. The van der Waals surface area contributed by atoms with Crippen molar-refractivity contribution >= 4 is 160 Å². The lowest BCUT2D eigenvalue weighted by molar-refractivity contribution is 0.0655. The van der Waals surface area contributed by atoms with Crippen LogP contribution in [0, 0.1) is 0 Å². The molecular weight excluding hydrogens is 1490 g/mol. The van der Waals surface area contributed by atoms with Gasteiger partial charge in [0.1, 0.15) is 0 Å². The van der Waals surface area contributed by atoms with Crippen molar-refractivity contribution in [3.63, 3.8) is 0 Å². The first kappa shape index (κ1) is 112. The van der Waals surface area contributed by atoms with E-state index in [1.807, 2.05) is 94.5 Å². The van der Waals surface area contributed by atoms with Gasteiger partial charge < -0.3 is 76.3 Å².